The van der Waals surface area contributed by atoms with E-state index in [1.807, 2.05) is 6.08 Å². The van der Waals surface area contributed by atoms with Crippen molar-refractivity contribution in [1.29, 1.82) is 0 Å². The highest BCUT2D eigenvalue weighted by molar-refractivity contribution is 5.76. The third-order valence-corrected chi connectivity index (χ3v) is 16.0. The van der Waals surface area contributed by atoms with Crippen LogP contribution in [0.3, 0.4) is 0 Å². The van der Waals surface area contributed by atoms with Gasteiger partial charge in [0, 0.05) is 6.42 Å². The first-order chi connectivity index (χ1) is 37.3. The van der Waals surface area contributed by atoms with Crippen molar-refractivity contribution >= 4 is 5.91 Å². The van der Waals surface area contributed by atoms with E-state index in [9.17, 15) is 30.3 Å². The Balaban J connectivity index is 2.14. The van der Waals surface area contributed by atoms with Crippen LogP contribution in [-0.2, 0) is 14.3 Å². The SMILES string of the molecule is CCCCCCC/C=C\C/C=C\CCCCCCCCCCCCCCCCCCCCCC(=O)NC(COC1OC(CO)C(O)C(O)C1O)C(O)/C=C/CCCCCCCCCCCCCCCCCCCCCC. The van der Waals surface area contributed by atoms with E-state index in [4.69, 9.17) is 9.47 Å². The van der Waals surface area contributed by atoms with E-state index in [2.05, 4.69) is 43.5 Å². The van der Waals surface area contributed by atoms with Gasteiger partial charge in [-0.15, -0.1) is 0 Å². The Hall–Kier alpha value is -1.59. The molecular weight excluding hydrogens is 947 g/mol. The van der Waals surface area contributed by atoms with Crippen molar-refractivity contribution in [2.24, 2.45) is 0 Å². The molecule has 9 heteroatoms. The summed E-state index contributed by atoms with van der Waals surface area (Å²) in [4.78, 5) is 13.1. The van der Waals surface area contributed by atoms with Crippen molar-refractivity contribution in [3.05, 3.63) is 36.5 Å². The van der Waals surface area contributed by atoms with E-state index >= 15 is 0 Å². The van der Waals surface area contributed by atoms with Crippen LogP contribution in [0.4, 0.5) is 0 Å². The number of aliphatic hydroxyl groups is 5. The largest absolute Gasteiger partial charge is 0.394 e. The first-order valence-electron chi connectivity index (χ1n) is 33.2. The third kappa shape index (κ3) is 45.2. The number of carbonyl (C=O) groups excluding carboxylic acids is 1. The minimum Gasteiger partial charge on any atom is -0.394 e. The van der Waals surface area contributed by atoms with Gasteiger partial charge in [-0.05, 0) is 51.4 Å². The summed E-state index contributed by atoms with van der Waals surface area (Å²) in [6.07, 6.45) is 68.1. The molecule has 0 radical (unpaired) electrons. The zero-order valence-electron chi connectivity index (χ0n) is 50.0. The van der Waals surface area contributed by atoms with Gasteiger partial charge in [-0.2, -0.15) is 0 Å². The summed E-state index contributed by atoms with van der Waals surface area (Å²) in [5.41, 5.74) is 0. The lowest BCUT2D eigenvalue weighted by Gasteiger charge is -2.40. The summed E-state index contributed by atoms with van der Waals surface area (Å²) in [5, 5.41) is 54.7. The number of amides is 1. The molecule has 6 N–H and O–H groups in total. The van der Waals surface area contributed by atoms with Crippen LogP contribution in [0.5, 0.6) is 0 Å². The molecule has 76 heavy (non-hydrogen) atoms. The second kappa shape index (κ2) is 56.7. The number of allylic oxidation sites excluding steroid dienone is 5. The normalized spacial score (nSPS) is 19.0. The molecule has 1 heterocycles. The molecule has 1 amide bonds. The minimum absolute atomic E-state index is 0.171. The number of hydrogen-bond donors (Lipinski definition) is 6. The van der Waals surface area contributed by atoms with Crippen LogP contribution >= 0.6 is 0 Å². The molecule has 0 aromatic carbocycles. The molecule has 9 nitrogen and oxygen atoms in total. The van der Waals surface area contributed by atoms with E-state index in [1.165, 1.54) is 263 Å². The Labute approximate surface area is 470 Å². The van der Waals surface area contributed by atoms with Crippen LogP contribution in [0.25, 0.3) is 0 Å². The van der Waals surface area contributed by atoms with Gasteiger partial charge in [0.05, 0.1) is 25.4 Å². The van der Waals surface area contributed by atoms with Gasteiger partial charge in [-0.1, -0.05) is 307 Å². The number of rotatable bonds is 58. The van der Waals surface area contributed by atoms with Gasteiger partial charge in [0.15, 0.2) is 6.29 Å². The van der Waals surface area contributed by atoms with Crippen molar-refractivity contribution < 1.29 is 39.8 Å². The summed E-state index contributed by atoms with van der Waals surface area (Å²) in [7, 11) is 0. The van der Waals surface area contributed by atoms with Crippen molar-refractivity contribution in [3.63, 3.8) is 0 Å². The quantitative estimate of drug-likeness (QED) is 0.0261. The van der Waals surface area contributed by atoms with Crippen LogP contribution in [-0.4, -0.2) is 87.5 Å². The molecule has 7 atom stereocenters. The monoisotopic (exact) mass is 1070 g/mol. The second-order valence-electron chi connectivity index (χ2n) is 23.3. The van der Waals surface area contributed by atoms with Gasteiger partial charge in [0.2, 0.25) is 5.91 Å². The van der Waals surface area contributed by atoms with Crippen LogP contribution in [0.2, 0.25) is 0 Å². The van der Waals surface area contributed by atoms with Crippen molar-refractivity contribution in [2.45, 2.75) is 371 Å². The van der Waals surface area contributed by atoms with Crippen LogP contribution in [0, 0.1) is 0 Å². The van der Waals surface area contributed by atoms with Gasteiger partial charge in [0.1, 0.15) is 24.4 Å². The van der Waals surface area contributed by atoms with Crippen LogP contribution < -0.4 is 5.32 Å². The fraction of sp³-hybridized carbons (Fsp3) is 0.896. The minimum atomic E-state index is -1.57. The van der Waals surface area contributed by atoms with Gasteiger partial charge in [0.25, 0.3) is 0 Å². The maximum Gasteiger partial charge on any atom is 0.220 e. The number of unbranched alkanes of at least 4 members (excludes halogenated alkanes) is 44. The average molecular weight is 1070 g/mol. The lowest BCUT2D eigenvalue weighted by Crippen LogP contribution is -2.60. The van der Waals surface area contributed by atoms with Gasteiger partial charge < -0.3 is 40.3 Å². The Morgan fingerprint density at radius 3 is 1.13 bits per heavy atom. The summed E-state index contributed by atoms with van der Waals surface area (Å²) in [6.45, 7) is 3.81. The molecule has 0 aromatic heterocycles. The first-order valence-corrected chi connectivity index (χ1v) is 33.2. The molecule has 0 spiro atoms. The van der Waals surface area contributed by atoms with Crippen molar-refractivity contribution in [3.8, 4) is 0 Å². The molecule has 0 aromatic rings. The number of hydrogen-bond acceptors (Lipinski definition) is 8. The number of nitrogens with one attached hydrogen (secondary N) is 1. The van der Waals surface area contributed by atoms with Crippen molar-refractivity contribution in [2.75, 3.05) is 13.2 Å². The van der Waals surface area contributed by atoms with Crippen molar-refractivity contribution in [1.82, 2.24) is 5.32 Å². The van der Waals surface area contributed by atoms with Crippen LogP contribution in [0.1, 0.15) is 328 Å². The van der Waals surface area contributed by atoms with E-state index < -0.39 is 49.5 Å². The Morgan fingerprint density at radius 1 is 0.447 bits per heavy atom. The molecular formula is C67H127NO8. The number of ether oxygens (including phenoxy) is 2. The van der Waals surface area contributed by atoms with Gasteiger partial charge in [-0.25, -0.2) is 0 Å². The Morgan fingerprint density at radius 2 is 0.776 bits per heavy atom. The number of aliphatic hydroxyl groups excluding tert-OH is 5. The summed E-state index contributed by atoms with van der Waals surface area (Å²) in [5.74, 6) is -0.171. The van der Waals surface area contributed by atoms with E-state index in [0.717, 1.165) is 44.9 Å². The van der Waals surface area contributed by atoms with E-state index in [-0.39, 0.29) is 12.5 Å². The van der Waals surface area contributed by atoms with E-state index in [0.29, 0.717) is 6.42 Å². The molecule has 0 bridgehead atoms. The zero-order chi connectivity index (χ0) is 55.0. The predicted molar refractivity (Wildman–Crippen MR) is 323 cm³/mol. The second-order valence-corrected chi connectivity index (χ2v) is 23.3. The summed E-state index contributed by atoms with van der Waals surface area (Å²) < 4.78 is 11.3. The maximum absolute atomic E-state index is 13.1. The number of carbonyl (C=O) groups is 1. The summed E-state index contributed by atoms with van der Waals surface area (Å²) in [6, 6.07) is -0.804. The maximum atomic E-state index is 13.1. The standard InChI is InChI=1S/C67H127NO8/c1-3-5-7-9-11-13-15-17-19-21-23-25-27-28-29-30-31-32-33-34-35-37-39-41-43-45-47-49-51-53-55-57-63(71)68-60(59-75-67-66(74)65(73)64(72)62(58-69)76-67)61(70)56-54-52-50-48-46-44-42-40-38-36-26-24-22-20-18-16-14-12-10-8-6-4-2/h15,17,21,23,54,56,60-62,64-67,69-70,72-74H,3-14,16,18-20,22,24-53,55,57-59H2,1-2H3,(H,68,71)/b17-15-,23-21-,56-54+. The van der Waals surface area contributed by atoms with Gasteiger partial charge >= 0.3 is 0 Å². The Kier molecular flexibility index (Phi) is 54.0. The fourth-order valence-electron chi connectivity index (χ4n) is 10.7. The molecule has 1 aliphatic heterocycles. The lowest BCUT2D eigenvalue weighted by atomic mass is 9.99. The highest BCUT2D eigenvalue weighted by Crippen LogP contribution is 2.23. The predicted octanol–water partition coefficient (Wildman–Crippen LogP) is 17.5. The topological polar surface area (TPSA) is 149 Å². The molecule has 1 aliphatic rings. The van der Waals surface area contributed by atoms with Crippen LogP contribution in [0.15, 0.2) is 36.5 Å². The molecule has 1 saturated heterocycles. The van der Waals surface area contributed by atoms with Gasteiger partial charge in [-0.3, -0.25) is 4.79 Å². The first kappa shape index (κ1) is 72.4. The van der Waals surface area contributed by atoms with E-state index in [1.54, 1.807) is 6.08 Å². The smallest absolute Gasteiger partial charge is 0.220 e. The lowest BCUT2D eigenvalue weighted by molar-refractivity contribution is -0.302. The molecule has 7 unspecified atom stereocenters. The molecule has 0 saturated carbocycles. The zero-order valence-corrected chi connectivity index (χ0v) is 50.0. The summed E-state index contributed by atoms with van der Waals surface area (Å²) >= 11 is 0. The highest BCUT2D eigenvalue weighted by atomic mass is 16.7. The molecule has 1 fully saturated rings. The Bertz CT molecular complexity index is 1290. The molecule has 448 valence electrons. The average Bonchev–Trinajstić information content (AvgIpc) is 3.42. The molecule has 0 aliphatic carbocycles. The molecule has 1 rings (SSSR count). The fourth-order valence-corrected chi connectivity index (χ4v) is 10.7. The highest BCUT2D eigenvalue weighted by Gasteiger charge is 2.44. The third-order valence-electron chi connectivity index (χ3n) is 16.0.